The molecule has 2 aromatic heterocycles. The molecule has 0 aliphatic rings. The summed E-state index contributed by atoms with van der Waals surface area (Å²) in [5.41, 5.74) is 7.69. The first-order valence-electron chi connectivity index (χ1n) is 4.29. The molecule has 14 heavy (non-hydrogen) atoms. The Bertz CT molecular complexity index is 421. The summed E-state index contributed by atoms with van der Waals surface area (Å²) < 4.78 is 0.785. The van der Waals surface area contributed by atoms with Crippen molar-refractivity contribution in [2.75, 3.05) is 6.54 Å². The molecule has 0 unspecified atom stereocenters. The third kappa shape index (κ3) is 1.82. The van der Waals surface area contributed by atoms with Crippen LogP contribution >= 0.6 is 22.9 Å². The van der Waals surface area contributed by atoms with E-state index in [1.165, 1.54) is 11.3 Å². The van der Waals surface area contributed by atoms with E-state index in [0.717, 1.165) is 26.9 Å². The summed E-state index contributed by atoms with van der Waals surface area (Å²) in [7, 11) is 0. The molecule has 0 atom stereocenters. The Balaban J connectivity index is 2.36. The topological polar surface area (TPSA) is 54.7 Å². The number of rotatable bonds is 3. The Morgan fingerprint density at radius 3 is 3.00 bits per heavy atom. The molecule has 74 valence electrons. The van der Waals surface area contributed by atoms with Crippen LogP contribution in [0.15, 0.2) is 18.3 Å². The Morgan fingerprint density at radius 1 is 1.50 bits per heavy atom. The lowest BCUT2D eigenvalue weighted by Gasteiger charge is -1.97. The normalized spacial score (nSPS) is 10.7. The van der Waals surface area contributed by atoms with Crippen molar-refractivity contribution in [1.29, 1.82) is 0 Å². The summed E-state index contributed by atoms with van der Waals surface area (Å²) in [5, 5.41) is 6.98. The first-order chi connectivity index (χ1) is 6.81. The fourth-order valence-electron chi connectivity index (χ4n) is 1.32. The van der Waals surface area contributed by atoms with Gasteiger partial charge in [0.05, 0.1) is 21.1 Å². The fraction of sp³-hybridized carbons (Fsp3) is 0.222. The molecule has 0 bridgehead atoms. The molecule has 0 fully saturated rings. The minimum absolute atomic E-state index is 0.631. The van der Waals surface area contributed by atoms with Crippen molar-refractivity contribution in [3.63, 3.8) is 0 Å². The maximum absolute atomic E-state index is 5.87. The van der Waals surface area contributed by atoms with Crippen molar-refractivity contribution in [2.45, 2.75) is 6.42 Å². The average Bonchev–Trinajstić information content (AvgIpc) is 2.74. The molecule has 0 aliphatic heterocycles. The van der Waals surface area contributed by atoms with Crippen molar-refractivity contribution < 1.29 is 0 Å². The molecule has 2 aromatic rings. The van der Waals surface area contributed by atoms with Gasteiger partial charge in [-0.3, -0.25) is 5.10 Å². The van der Waals surface area contributed by atoms with Gasteiger partial charge in [-0.2, -0.15) is 5.10 Å². The zero-order valence-electron chi connectivity index (χ0n) is 7.46. The molecule has 3 nitrogen and oxygen atoms in total. The predicted molar refractivity (Wildman–Crippen MR) is 59.7 cm³/mol. The molecule has 2 rings (SSSR count). The van der Waals surface area contributed by atoms with Crippen molar-refractivity contribution in [2.24, 2.45) is 5.73 Å². The molecule has 0 radical (unpaired) electrons. The zero-order valence-corrected chi connectivity index (χ0v) is 9.03. The minimum Gasteiger partial charge on any atom is -0.330 e. The van der Waals surface area contributed by atoms with E-state index in [1.807, 2.05) is 18.3 Å². The molecule has 2 heterocycles. The molecular formula is C9H10ClN3S. The number of H-pyrrole nitrogens is 1. The monoisotopic (exact) mass is 227 g/mol. The first kappa shape index (κ1) is 9.71. The highest BCUT2D eigenvalue weighted by Gasteiger charge is 2.08. The molecule has 5 heteroatoms. The van der Waals surface area contributed by atoms with E-state index in [-0.39, 0.29) is 0 Å². The second-order valence-electron chi connectivity index (χ2n) is 2.91. The summed E-state index contributed by atoms with van der Waals surface area (Å²) in [6, 6.07) is 3.87. The zero-order chi connectivity index (χ0) is 9.97. The van der Waals surface area contributed by atoms with E-state index in [9.17, 15) is 0 Å². The predicted octanol–water partition coefficient (Wildman–Crippen LogP) is 2.29. The lowest BCUT2D eigenvalue weighted by molar-refractivity contribution is 0.972. The average molecular weight is 228 g/mol. The third-order valence-electron chi connectivity index (χ3n) is 1.95. The van der Waals surface area contributed by atoms with Gasteiger partial charge in [0.2, 0.25) is 0 Å². The van der Waals surface area contributed by atoms with Crippen molar-refractivity contribution in [3.05, 3.63) is 28.2 Å². The number of halogens is 1. The van der Waals surface area contributed by atoms with E-state index in [1.54, 1.807) is 0 Å². The minimum atomic E-state index is 0.631. The Morgan fingerprint density at radius 2 is 2.36 bits per heavy atom. The molecule has 0 amide bonds. The second-order valence-corrected chi connectivity index (χ2v) is 4.63. The van der Waals surface area contributed by atoms with Crippen LogP contribution in [0.2, 0.25) is 4.34 Å². The Kier molecular flexibility index (Phi) is 2.86. The molecule has 0 aromatic carbocycles. The van der Waals surface area contributed by atoms with Crippen LogP contribution in [0.5, 0.6) is 0 Å². The number of aromatic amines is 1. The smallest absolute Gasteiger partial charge is 0.0935 e. The van der Waals surface area contributed by atoms with Gasteiger partial charge in [0.25, 0.3) is 0 Å². The number of thiophene rings is 1. The Hall–Kier alpha value is -0.840. The van der Waals surface area contributed by atoms with Crippen LogP contribution in [0.1, 0.15) is 5.56 Å². The number of aromatic nitrogens is 2. The lowest BCUT2D eigenvalue weighted by atomic mass is 10.1. The summed E-state index contributed by atoms with van der Waals surface area (Å²) in [6.07, 6.45) is 2.65. The number of nitrogens with two attached hydrogens (primary N) is 1. The van der Waals surface area contributed by atoms with Crippen LogP contribution in [-0.2, 0) is 6.42 Å². The van der Waals surface area contributed by atoms with E-state index in [4.69, 9.17) is 17.3 Å². The Labute approximate surface area is 90.9 Å². The van der Waals surface area contributed by atoms with E-state index in [2.05, 4.69) is 10.2 Å². The van der Waals surface area contributed by atoms with Gasteiger partial charge < -0.3 is 5.73 Å². The number of hydrogen-bond acceptors (Lipinski definition) is 3. The van der Waals surface area contributed by atoms with Crippen molar-refractivity contribution in [1.82, 2.24) is 10.2 Å². The maximum Gasteiger partial charge on any atom is 0.0935 e. The lowest BCUT2D eigenvalue weighted by Crippen LogP contribution is -2.02. The van der Waals surface area contributed by atoms with Crippen LogP contribution in [0.4, 0.5) is 0 Å². The molecule has 0 spiro atoms. The molecule has 0 saturated heterocycles. The van der Waals surface area contributed by atoms with Crippen LogP contribution in [0, 0.1) is 0 Å². The summed E-state index contributed by atoms with van der Waals surface area (Å²) in [4.78, 5) is 1.11. The van der Waals surface area contributed by atoms with Crippen LogP contribution < -0.4 is 5.73 Å². The van der Waals surface area contributed by atoms with E-state index >= 15 is 0 Å². The summed E-state index contributed by atoms with van der Waals surface area (Å²) in [6.45, 7) is 0.631. The fourth-order valence-corrected chi connectivity index (χ4v) is 2.39. The molecule has 3 N–H and O–H groups in total. The maximum atomic E-state index is 5.87. The standard InChI is InChI=1S/C9H10ClN3S/c10-8-2-1-7(14-8)9-6(3-4-11)5-12-13-9/h1-2,5H,3-4,11H2,(H,12,13). The van der Waals surface area contributed by atoms with Gasteiger partial charge in [-0.1, -0.05) is 11.6 Å². The van der Waals surface area contributed by atoms with Gasteiger partial charge in [-0.25, -0.2) is 0 Å². The van der Waals surface area contributed by atoms with Crippen LogP contribution in [0.3, 0.4) is 0 Å². The van der Waals surface area contributed by atoms with Crippen molar-refractivity contribution >= 4 is 22.9 Å². The van der Waals surface area contributed by atoms with E-state index < -0.39 is 0 Å². The van der Waals surface area contributed by atoms with Crippen LogP contribution in [-0.4, -0.2) is 16.7 Å². The highest BCUT2D eigenvalue weighted by molar-refractivity contribution is 7.19. The first-order valence-corrected chi connectivity index (χ1v) is 5.48. The van der Waals surface area contributed by atoms with Gasteiger partial charge >= 0.3 is 0 Å². The largest absolute Gasteiger partial charge is 0.330 e. The van der Waals surface area contributed by atoms with Crippen molar-refractivity contribution in [3.8, 4) is 10.6 Å². The van der Waals surface area contributed by atoms with E-state index in [0.29, 0.717) is 6.54 Å². The SMILES string of the molecule is NCCc1cn[nH]c1-c1ccc(Cl)s1. The number of nitrogens with one attached hydrogen (secondary N) is 1. The third-order valence-corrected chi connectivity index (χ3v) is 3.20. The van der Waals surface area contributed by atoms with Gasteiger partial charge in [0, 0.05) is 0 Å². The molecular weight excluding hydrogens is 218 g/mol. The summed E-state index contributed by atoms with van der Waals surface area (Å²) >= 11 is 7.41. The second kappa shape index (κ2) is 4.13. The number of hydrogen-bond donors (Lipinski definition) is 2. The highest BCUT2D eigenvalue weighted by atomic mass is 35.5. The quantitative estimate of drug-likeness (QED) is 0.846. The summed E-state index contributed by atoms with van der Waals surface area (Å²) in [5.74, 6) is 0. The molecule has 0 aliphatic carbocycles. The molecule has 0 saturated carbocycles. The van der Waals surface area contributed by atoms with Gasteiger partial charge in [0.1, 0.15) is 0 Å². The van der Waals surface area contributed by atoms with Gasteiger partial charge in [-0.05, 0) is 30.7 Å². The highest BCUT2D eigenvalue weighted by Crippen LogP contribution is 2.31. The van der Waals surface area contributed by atoms with Gasteiger partial charge in [-0.15, -0.1) is 11.3 Å². The van der Waals surface area contributed by atoms with Gasteiger partial charge in [0.15, 0.2) is 0 Å². The van der Waals surface area contributed by atoms with Crippen LogP contribution in [0.25, 0.3) is 10.6 Å². The number of nitrogens with zero attached hydrogens (tertiary/aromatic N) is 1.